The zero-order valence-corrected chi connectivity index (χ0v) is 16.7. The number of carbonyl (C=O) groups excluding carboxylic acids is 2. The van der Waals surface area contributed by atoms with Crippen LogP contribution in [0.3, 0.4) is 0 Å². The number of likely N-dealkylation sites (N-methyl/N-ethyl adjacent to an activating group) is 1. The first-order valence-electron chi connectivity index (χ1n) is 9.03. The van der Waals surface area contributed by atoms with Crippen LogP contribution in [0.2, 0.25) is 0 Å². The predicted octanol–water partition coefficient (Wildman–Crippen LogP) is 1.77. The molecule has 0 N–H and O–H groups in total. The Kier molecular flexibility index (Phi) is 6.04. The van der Waals surface area contributed by atoms with Gasteiger partial charge in [-0.05, 0) is 19.4 Å². The second kappa shape index (κ2) is 8.32. The fourth-order valence-corrected chi connectivity index (χ4v) is 4.96. The summed E-state index contributed by atoms with van der Waals surface area (Å²) in [7, 11) is -1.59. The van der Waals surface area contributed by atoms with Crippen LogP contribution in [0.15, 0.2) is 28.7 Å². The summed E-state index contributed by atoms with van der Waals surface area (Å²) in [6, 6.07) is 6.79. The van der Waals surface area contributed by atoms with Gasteiger partial charge in [-0.3, -0.25) is 4.79 Å². The number of ether oxygens (including phenoxy) is 2. The molecule has 0 bridgehead atoms. The van der Waals surface area contributed by atoms with E-state index in [2.05, 4.69) is 0 Å². The van der Waals surface area contributed by atoms with Crippen LogP contribution in [0.4, 0.5) is 0 Å². The number of sulfone groups is 1. The number of hydrogen-bond acceptors (Lipinski definition) is 7. The van der Waals surface area contributed by atoms with Gasteiger partial charge in [0.2, 0.25) is 5.76 Å². The standard InChI is InChI=1S/C19H23NO7S/c1-3-25-10-15-14-6-4-5-7-16(14)27-18(15)19(22)26-11-17(21)20(2)13-8-9-28(23,24)12-13/h4-7,13H,3,8-12H2,1-2H3/t13-/m1/s1. The van der Waals surface area contributed by atoms with Crippen LogP contribution in [-0.4, -0.2) is 63.0 Å². The van der Waals surface area contributed by atoms with Gasteiger partial charge < -0.3 is 18.8 Å². The first-order valence-corrected chi connectivity index (χ1v) is 10.9. The minimum absolute atomic E-state index is 0.00791. The van der Waals surface area contributed by atoms with Crippen molar-refractivity contribution >= 4 is 32.7 Å². The second-order valence-corrected chi connectivity index (χ2v) is 8.91. The fourth-order valence-electron chi connectivity index (χ4n) is 3.19. The number of esters is 1. The van der Waals surface area contributed by atoms with Gasteiger partial charge in [0.15, 0.2) is 16.4 Å². The van der Waals surface area contributed by atoms with Crippen LogP contribution in [0.5, 0.6) is 0 Å². The van der Waals surface area contributed by atoms with E-state index in [1.807, 2.05) is 19.1 Å². The highest BCUT2D eigenvalue weighted by Crippen LogP contribution is 2.27. The average Bonchev–Trinajstić information content (AvgIpc) is 3.23. The highest BCUT2D eigenvalue weighted by Gasteiger charge is 2.33. The van der Waals surface area contributed by atoms with Gasteiger partial charge in [0.1, 0.15) is 5.58 Å². The third-order valence-corrected chi connectivity index (χ3v) is 6.56. The van der Waals surface area contributed by atoms with Gasteiger partial charge in [-0.2, -0.15) is 0 Å². The van der Waals surface area contributed by atoms with Crippen molar-refractivity contribution < 1.29 is 31.9 Å². The predicted molar refractivity (Wildman–Crippen MR) is 102 cm³/mol. The first-order chi connectivity index (χ1) is 13.3. The molecule has 1 aliphatic rings. The van der Waals surface area contributed by atoms with Gasteiger partial charge in [0, 0.05) is 30.6 Å². The number of rotatable bonds is 7. The molecule has 1 aromatic carbocycles. The van der Waals surface area contributed by atoms with Crippen molar-refractivity contribution in [1.29, 1.82) is 0 Å². The molecule has 0 aliphatic carbocycles. The summed E-state index contributed by atoms with van der Waals surface area (Å²) < 4.78 is 39.4. The van der Waals surface area contributed by atoms with Gasteiger partial charge in [0.25, 0.3) is 5.91 Å². The van der Waals surface area contributed by atoms with E-state index in [1.54, 1.807) is 12.1 Å². The molecule has 152 valence electrons. The molecule has 1 fully saturated rings. The molecular weight excluding hydrogens is 386 g/mol. The summed E-state index contributed by atoms with van der Waals surface area (Å²) in [6.45, 7) is 2.02. The Morgan fingerprint density at radius 3 is 2.71 bits per heavy atom. The summed E-state index contributed by atoms with van der Waals surface area (Å²) in [5.74, 6) is -1.21. The van der Waals surface area contributed by atoms with Crippen LogP contribution in [0.25, 0.3) is 11.0 Å². The molecule has 1 atom stereocenters. The third kappa shape index (κ3) is 4.36. The number of para-hydroxylation sites is 1. The molecule has 1 aromatic heterocycles. The lowest BCUT2D eigenvalue weighted by Gasteiger charge is -2.23. The number of nitrogens with zero attached hydrogens (tertiary/aromatic N) is 1. The molecule has 8 nitrogen and oxygen atoms in total. The molecule has 0 spiro atoms. The molecule has 0 unspecified atom stereocenters. The largest absolute Gasteiger partial charge is 0.450 e. The lowest BCUT2D eigenvalue weighted by molar-refractivity contribution is -0.134. The van der Waals surface area contributed by atoms with Crippen molar-refractivity contribution in [2.45, 2.75) is 26.0 Å². The average molecular weight is 409 g/mol. The summed E-state index contributed by atoms with van der Waals surface area (Å²) >= 11 is 0. The minimum Gasteiger partial charge on any atom is -0.450 e. The molecule has 1 aliphatic heterocycles. The topological polar surface area (TPSA) is 103 Å². The maximum absolute atomic E-state index is 12.5. The normalized spacial score (nSPS) is 18.3. The van der Waals surface area contributed by atoms with E-state index in [0.717, 1.165) is 5.39 Å². The van der Waals surface area contributed by atoms with E-state index < -0.39 is 34.4 Å². The van der Waals surface area contributed by atoms with Crippen molar-refractivity contribution in [3.05, 3.63) is 35.6 Å². The van der Waals surface area contributed by atoms with Crippen LogP contribution in [-0.2, 0) is 30.7 Å². The maximum atomic E-state index is 12.5. The van der Waals surface area contributed by atoms with Gasteiger partial charge >= 0.3 is 5.97 Å². The van der Waals surface area contributed by atoms with Crippen molar-refractivity contribution in [3.8, 4) is 0 Å². The van der Waals surface area contributed by atoms with E-state index in [9.17, 15) is 18.0 Å². The highest BCUT2D eigenvalue weighted by atomic mass is 32.2. The Bertz CT molecular complexity index is 979. The van der Waals surface area contributed by atoms with E-state index >= 15 is 0 Å². The lowest BCUT2D eigenvalue weighted by atomic mass is 10.1. The number of fused-ring (bicyclic) bond motifs is 1. The van der Waals surface area contributed by atoms with Crippen LogP contribution >= 0.6 is 0 Å². The first kappa shape index (κ1) is 20.3. The summed E-state index contributed by atoms with van der Waals surface area (Å²) in [5, 5.41) is 0.752. The van der Waals surface area contributed by atoms with Crippen LogP contribution in [0.1, 0.15) is 29.5 Å². The van der Waals surface area contributed by atoms with E-state index in [0.29, 0.717) is 24.2 Å². The molecule has 28 heavy (non-hydrogen) atoms. The zero-order chi connectivity index (χ0) is 20.3. The molecular formula is C19H23NO7S. The minimum atomic E-state index is -3.11. The molecule has 3 rings (SSSR count). The second-order valence-electron chi connectivity index (χ2n) is 6.68. The van der Waals surface area contributed by atoms with E-state index in [4.69, 9.17) is 13.9 Å². The Labute approximate surface area is 163 Å². The van der Waals surface area contributed by atoms with Crippen molar-refractivity contribution in [2.75, 3.05) is 31.8 Å². The Balaban J connectivity index is 1.68. The molecule has 0 radical (unpaired) electrons. The SMILES string of the molecule is CCOCc1c(C(=O)OCC(=O)N(C)[C@@H]2CCS(=O)(=O)C2)oc2ccccc12. The summed E-state index contributed by atoms with van der Waals surface area (Å²) in [6.07, 6.45) is 0.389. The van der Waals surface area contributed by atoms with Gasteiger partial charge in [-0.15, -0.1) is 0 Å². The van der Waals surface area contributed by atoms with E-state index in [1.165, 1.54) is 11.9 Å². The monoisotopic (exact) mass is 409 g/mol. The summed E-state index contributed by atoms with van der Waals surface area (Å²) in [4.78, 5) is 26.1. The van der Waals surface area contributed by atoms with E-state index in [-0.39, 0.29) is 23.9 Å². The van der Waals surface area contributed by atoms with Gasteiger partial charge in [0.05, 0.1) is 18.1 Å². The molecule has 0 saturated carbocycles. The number of amides is 1. The quantitative estimate of drug-likeness (QED) is 0.642. The molecule has 1 saturated heterocycles. The zero-order valence-electron chi connectivity index (χ0n) is 15.8. The van der Waals surface area contributed by atoms with Crippen LogP contribution in [0, 0.1) is 0 Å². The van der Waals surface area contributed by atoms with Gasteiger partial charge in [-0.1, -0.05) is 18.2 Å². The third-order valence-electron chi connectivity index (χ3n) is 4.81. The van der Waals surface area contributed by atoms with Gasteiger partial charge in [-0.25, -0.2) is 13.2 Å². The maximum Gasteiger partial charge on any atom is 0.375 e. The summed E-state index contributed by atoms with van der Waals surface area (Å²) in [5.41, 5.74) is 1.11. The Morgan fingerprint density at radius 2 is 2.04 bits per heavy atom. The lowest BCUT2D eigenvalue weighted by Crippen LogP contribution is -2.40. The molecule has 9 heteroatoms. The number of furan rings is 1. The van der Waals surface area contributed by atoms with Crippen molar-refractivity contribution in [1.82, 2.24) is 4.90 Å². The van der Waals surface area contributed by atoms with Crippen molar-refractivity contribution in [2.24, 2.45) is 0 Å². The van der Waals surface area contributed by atoms with Crippen molar-refractivity contribution in [3.63, 3.8) is 0 Å². The Hall–Kier alpha value is -2.39. The molecule has 2 heterocycles. The Morgan fingerprint density at radius 1 is 1.29 bits per heavy atom. The highest BCUT2D eigenvalue weighted by molar-refractivity contribution is 7.91. The molecule has 2 aromatic rings. The fraction of sp³-hybridized carbons (Fsp3) is 0.474. The van der Waals surface area contributed by atoms with Crippen LogP contribution < -0.4 is 0 Å². The molecule has 1 amide bonds. The number of hydrogen-bond donors (Lipinski definition) is 0. The smallest absolute Gasteiger partial charge is 0.375 e. The number of benzene rings is 1. The number of carbonyl (C=O) groups is 2.